The van der Waals surface area contributed by atoms with Gasteiger partial charge < -0.3 is 19.5 Å². The van der Waals surface area contributed by atoms with E-state index in [0.29, 0.717) is 17.0 Å². The van der Waals surface area contributed by atoms with Crippen molar-refractivity contribution in [3.63, 3.8) is 0 Å². The highest BCUT2D eigenvalue weighted by Gasteiger charge is 2.21. The molecule has 2 rings (SSSR count). The molecule has 1 atom stereocenters. The van der Waals surface area contributed by atoms with E-state index in [9.17, 15) is 14.4 Å². The third kappa shape index (κ3) is 8.84. The molecule has 0 aliphatic rings. The second-order valence-corrected chi connectivity index (χ2v) is 8.75. The third-order valence-electron chi connectivity index (χ3n) is 4.35. The smallest absolute Gasteiger partial charge is 0.412 e. The monoisotopic (exact) mass is 456 g/mol. The fourth-order valence-electron chi connectivity index (χ4n) is 2.93. The molecule has 0 aromatic heterocycles. The van der Waals surface area contributed by atoms with Crippen LogP contribution in [0.3, 0.4) is 0 Å². The molecule has 0 unspecified atom stereocenters. The molecule has 8 nitrogen and oxygen atoms in total. The molecule has 2 aromatic rings. The van der Waals surface area contributed by atoms with E-state index in [1.807, 2.05) is 0 Å². The molecular formula is C25H32N2O6. The number of amides is 2. The van der Waals surface area contributed by atoms with Crippen molar-refractivity contribution in [2.75, 3.05) is 12.4 Å². The summed E-state index contributed by atoms with van der Waals surface area (Å²) in [6.45, 7) is 8.86. The molecule has 8 heteroatoms. The van der Waals surface area contributed by atoms with Crippen molar-refractivity contribution in [1.29, 1.82) is 0 Å². The summed E-state index contributed by atoms with van der Waals surface area (Å²) in [5.74, 6) is -0.110. The van der Waals surface area contributed by atoms with Gasteiger partial charge in [0.15, 0.2) is 0 Å². The predicted molar refractivity (Wildman–Crippen MR) is 125 cm³/mol. The first-order chi connectivity index (χ1) is 15.5. The Morgan fingerprint density at radius 3 is 2.06 bits per heavy atom. The van der Waals surface area contributed by atoms with E-state index in [1.165, 1.54) is 0 Å². The number of anilines is 1. The summed E-state index contributed by atoms with van der Waals surface area (Å²) in [5.41, 5.74) is 0.999. The van der Waals surface area contributed by atoms with Gasteiger partial charge in [-0.25, -0.2) is 4.79 Å². The molecule has 33 heavy (non-hydrogen) atoms. The average Bonchev–Trinajstić information content (AvgIpc) is 2.71. The molecule has 0 fully saturated rings. The summed E-state index contributed by atoms with van der Waals surface area (Å²) in [7, 11) is 1.57. The molecule has 178 valence electrons. The number of hydrogen-bond donors (Lipinski definition) is 2. The summed E-state index contributed by atoms with van der Waals surface area (Å²) in [6.07, 6.45) is -0.855. The number of carbonyl (C=O) groups is 3. The quantitative estimate of drug-likeness (QED) is 0.550. The number of benzene rings is 2. The second-order valence-electron chi connectivity index (χ2n) is 8.75. The molecule has 2 N–H and O–H groups in total. The number of esters is 1. The fourth-order valence-corrected chi connectivity index (χ4v) is 2.93. The zero-order valence-electron chi connectivity index (χ0n) is 19.9. The van der Waals surface area contributed by atoms with Crippen LogP contribution in [0.25, 0.3) is 0 Å². The van der Waals surface area contributed by atoms with Crippen LogP contribution < -0.4 is 15.4 Å². The van der Waals surface area contributed by atoms with Crippen molar-refractivity contribution in [1.82, 2.24) is 5.32 Å². The minimum atomic E-state index is -0.614. The highest BCUT2D eigenvalue weighted by Crippen LogP contribution is 2.22. The standard InChI is InChI=1S/C25H32N2O6/c1-16(2)32-22(28)15-21(17-9-13-20(31-6)14-10-17)27-23(29)18-7-11-19(12-8-18)26-24(30)33-25(3,4)5/h7-14,16,21H,15H2,1-6H3,(H,26,30)(H,27,29)/t21-/m0/s1. The van der Waals surface area contributed by atoms with Crippen molar-refractivity contribution < 1.29 is 28.6 Å². The Hall–Kier alpha value is -3.55. The van der Waals surface area contributed by atoms with E-state index in [1.54, 1.807) is 90.3 Å². The Morgan fingerprint density at radius 2 is 1.55 bits per heavy atom. The van der Waals surface area contributed by atoms with Crippen molar-refractivity contribution in [3.8, 4) is 5.75 Å². The van der Waals surface area contributed by atoms with E-state index < -0.39 is 23.7 Å². The number of ether oxygens (including phenoxy) is 3. The van der Waals surface area contributed by atoms with E-state index in [-0.39, 0.29) is 18.4 Å². The Labute approximate surface area is 194 Å². The van der Waals surface area contributed by atoms with Gasteiger partial charge in [-0.15, -0.1) is 0 Å². The molecule has 0 saturated heterocycles. The van der Waals surface area contributed by atoms with Gasteiger partial charge in [-0.1, -0.05) is 12.1 Å². The van der Waals surface area contributed by atoms with Gasteiger partial charge in [0, 0.05) is 11.3 Å². The predicted octanol–water partition coefficient (Wildman–Crippen LogP) is 4.86. The zero-order chi connectivity index (χ0) is 24.6. The summed E-state index contributed by atoms with van der Waals surface area (Å²) < 4.78 is 15.7. The van der Waals surface area contributed by atoms with Crippen molar-refractivity contribution in [3.05, 3.63) is 59.7 Å². The summed E-state index contributed by atoms with van der Waals surface area (Å²) in [6, 6.07) is 12.9. The molecule has 0 aliphatic heterocycles. The number of carbonyl (C=O) groups excluding carboxylic acids is 3. The van der Waals surface area contributed by atoms with E-state index in [2.05, 4.69) is 10.6 Å². The van der Waals surface area contributed by atoms with E-state index in [0.717, 1.165) is 5.56 Å². The second kappa shape index (κ2) is 11.4. The Bertz CT molecular complexity index is 946. The molecule has 2 aromatic carbocycles. The topological polar surface area (TPSA) is 103 Å². The number of nitrogens with one attached hydrogen (secondary N) is 2. The van der Waals surface area contributed by atoms with Crippen LogP contribution in [-0.2, 0) is 14.3 Å². The van der Waals surface area contributed by atoms with Crippen molar-refractivity contribution in [2.45, 2.75) is 58.8 Å². The minimum absolute atomic E-state index is 0.0193. The largest absolute Gasteiger partial charge is 0.497 e. The van der Waals surface area contributed by atoms with Crippen LogP contribution in [0.1, 0.15) is 63.0 Å². The van der Waals surface area contributed by atoms with E-state index in [4.69, 9.17) is 14.2 Å². The molecule has 0 radical (unpaired) electrons. The average molecular weight is 457 g/mol. The van der Waals surface area contributed by atoms with E-state index >= 15 is 0 Å². The lowest BCUT2D eigenvalue weighted by Crippen LogP contribution is -2.31. The molecule has 0 spiro atoms. The lowest BCUT2D eigenvalue weighted by molar-refractivity contribution is -0.147. The van der Waals surface area contributed by atoms with Gasteiger partial charge in [-0.2, -0.15) is 0 Å². The lowest BCUT2D eigenvalue weighted by atomic mass is 10.0. The van der Waals surface area contributed by atoms with Crippen LogP contribution in [0.15, 0.2) is 48.5 Å². The fraction of sp³-hybridized carbons (Fsp3) is 0.400. The summed E-state index contributed by atoms with van der Waals surface area (Å²) >= 11 is 0. The van der Waals surface area contributed by atoms with Crippen molar-refractivity contribution in [2.24, 2.45) is 0 Å². The van der Waals surface area contributed by atoms with Crippen LogP contribution in [0.2, 0.25) is 0 Å². The van der Waals surface area contributed by atoms with Crippen LogP contribution in [0.5, 0.6) is 5.75 Å². The highest BCUT2D eigenvalue weighted by atomic mass is 16.6. The number of rotatable bonds is 8. The van der Waals surface area contributed by atoms with Crippen LogP contribution in [0, 0.1) is 0 Å². The Morgan fingerprint density at radius 1 is 0.939 bits per heavy atom. The maximum Gasteiger partial charge on any atom is 0.412 e. The molecule has 0 heterocycles. The highest BCUT2D eigenvalue weighted by molar-refractivity contribution is 5.95. The van der Waals surface area contributed by atoms with Crippen LogP contribution in [-0.4, -0.2) is 36.8 Å². The number of methoxy groups -OCH3 is 1. The molecule has 0 bridgehead atoms. The first kappa shape index (κ1) is 25.7. The summed E-state index contributed by atoms with van der Waals surface area (Å²) in [5, 5.41) is 5.51. The van der Waals surface area contributed by atoms with Gasteiger partial charge >= 0.3 is 12.1 Å². The van der Waals surface area contributed by atoms with Crippen LogP contribution in [0.4, 0.5) is 10.5 Å². The Balaban J connectivity index is 2.12. The van der Waals surface area contributed by atoms with Gasteiger partial charge in [0.25, 0.3) is 5.91 Å². The first-order valence-electron chi connectivity index (χ1n) is 10.7. The molecule has 0 aliphatic carbocycles. The van der Waals surface area contributed by atoms with Gasteiger partial charge in [0.1, 0.15) is 11.4 Å². The summed E-state index contributed by atoms with van der Waals surface area (Å²) in [4.78, 5) is 37.1. The van der Waals surface area contributed by atoms with Gasteiger partial charge in [0.2, 0.25) is 0 Å². The zero-order valence-corrected chi connectivity index (χ0v) is 19.9. The normalized spacial score (nSPS) is 12.0. The van der Waals surface area contributed by atoms with Gasteiger partial charge in [0.05, 0.1) is 25.7 Å². The lowest BCUT2D eigenvalue weighted by Gasteiger charge is -2.20. The number of hydrogen-bond acceptors (Lipinski definition) is 6. The minimum Gasteiger partial charge on any atom is -0.497 e. The molecule has 0 saturated carbocycles. The van der Waals surface area contributed by atoms with Gasteiger partial charge in [-0.05, 0) is 76.6 Å². The molecule has 2 amide bonds. The maximum absolute atomic E-state index is 12.9. The third-order valence-corrected chi connectivity index (χ3v) is 4.35. The van der Waals surface area contributed by atoms with Crippen molar-refractivity contribution >= 4 is 23.7 Å². The SMILES string of the molecule is COc1ccc([C@H](CC(=O)OC(C)C)NC(=O)c2ccc(NC(=O)OC(C)(C)C)cc2)cc1. The van der Waals surface area contributed by atoms with Gasteiger partial charge in [-0.3, -0.25) is 14.9 Å². The first-order valence-corrected chi connectivity index (χ1v) is 10.7. The Kier molecular flexibility index (Phi) is 8.85. The van der Waals surface area contributed by atoms with Crippen LogP contribution >= 0.6 is 0 Å². The maximum atomic E-state index is 12.9. The molecular weight excluding hydrogens is 424 g/mol.